The Hall–Kier alpha value is -2.83. The Bertz CT molecular complexity index is 1250. The number of ether oxygens (including phenoxy) is 6. The van der Waals surface area contributed by atoms with Crippen LogP contribution in [0.2, 0.25) is 0 Å². The van der Waals surface area contributed by atoms with Crippen LogP contribution in [0.5, 0.6) is 0 Å². The largest absolute Gasteiger partial charge is 0.451 e. The monoisotopic (exact) mass is 502 g/mol. The zero-order valence-corrected chi connectivity index (χ0v) is 20.8. The summed E-state index contributed by atoms with van der Waals surface area (Å²) in [6.07, 6.45) is -3.83. The molecule has 36 heavy (non-hydrogen) atoms. The van der Waals surface area contributed by atoms with E-state index in [-0.39, 0.29) is 12.2 Å². The molecule has 3 fully saturated rings. The first-order chi connectivity index (χ1) is 16.9. The molecule has 3 aliphatic heterocycles. The molecule has 3 saturated heterocycles. The summed E-state index contributed by atoms with van der Waals surface area (Å²) < 4.78 is 38.1. The van der Waals surface area contributed by atoms with E-state index in [1.165, 1.54) is 10.8 Å². The van der Waals surface area contributed by atoms with Crippen LogP contribution in [0.3, 0.4) is 0 Å². The van der Waals surface area contributed by atoms with Crippen molar-refractivity contribution in [1.82, 2.24) is 9.55 Å². The van der Waals surface area contributed by atoms with Gasteiger partial charge in [-0.1, -0.05) is 18.2 Å². The van der Waals surface area contributed by atoms with E-state index in [1.54, 1.807) is 65.0 Å². The number of aromatic nitrogens is 2. The van der Waals surface area contributed by atoms with Gasteiger partial charge in [0.2, 0.25) is 0 Å². The van der Waals surface area contributed by atoms with Crippen molar-refractivity contribution in [3.63, 3.8) is 0 Å². The third-order valence-electron chi connectivity index (χ3n) is 6.46. The van der Waals surface area contributed by atoms with Gasteiger partial charge in [0, 0.05) is 11.8 Å². The number of fused-ring (bicyclic) bond motifs is 3. The number of nitrogens with one attached hydrogen (secondary N) is 1. The maximum absolute atomic E-state index is 13.2. The standard InChI is InChI=1S/C25H30N2O9/c1-13-11-27(23(30)26-20(13)28)21-19(33-22(29)14-9-7-6-8-10-14)18-17(35-25(4,5)36-18)16-15(32-21)12-31-24(2,3)34-16/h6-11,15-19,21H,12H2,1-5H3,(H,26,28,30)/t15?,16-,17?,18+,19?,21?/m1/s1. The van der Waals surface area contributed by atoms with Crippen LogP contribution in [-0.4, -0.2) is 64.2 Å². The summed E-state index contributed by atoms with van der Waals surface area (Å²) in [5.41, 5.74) is -0.642. The maximum atomic E-state index is 13.2. The molecule has 0 saturated carbocycles. The quantitative estimate of drug-likeness (QED) is 0.623. The van der Waals surface area contributed by atoms with Crippen molar-refractivity contribution in [3.05, 3.63) is 68.5 Å². The van der Waals surface area contributed by atoms with E-state index in [4.69, 9.17) is 28.4 Å². The van der Waals surface area contributed by atoms with Crippen LogP contribution in [0, 0.1) is 6.92 Å². The van der Waals surface area contributed by atoms with E-state index in [1.807, 2.05) is 0 Å². The number of benzene rings is 1. The molecule has 1 aromatic heterocycles. The molecule has 4 unspecified atom stereocenters. The predicted octanol–water partition coefficient (Wildman–Crippen LogP) is 1.64. The fraction of sp³-hybridized carbons (Fsp3) is 0.560. The summed E-state index contributed by atoms with van der Waals surface area (Å²) in [5, 5.41) is 0. The molecule has 2 aromatic rings. The highest BCUT2D eigenvalue weighted by molar-refractivity contribution is 5.89. The molecule has 0 radical (unpaired) electrons. The Morgan fingerprint density at radius 2 is 1.67 bits per heavy atom. The lowest BCUT2D eigenvalue weighted by molar-refractivity contribution is -0.332. The number of nitrogens with zero attached hydrogens (tertiary/aromatic N) is 1. The van der Waals surface area contributed by atoms with E-state index in [2.05, 4.69) is 4.98 Å². The van der Waals surface area contributed by atoms with Crippen LogP contribution >= 0.6 is 0 Å². The van der Waals surface area contributed by atoms with Gasteiger partial charge in [0.1, 0.15) is 24.4 Å². The van der Waals surface area contributed by atoms with E-state index >= 15 is 0 Å². The van der Waals surface area contributed by atoms with Gasteiger partial charge in [-0.15, -0.1) is 0 Å². The van der Waals surface area contributed by atoms with Crippen molar-refractivity contribution in [2.75, 3.05) is 6.61 Å². The molecule has 3 aliphatic rings. The van der Waals surface area contributed by atoms with Crippen LogP contribution in [0.1, 0.15) is 49.8 Å². The van der Waals surface area contributed by atoms with Crippen LogP contribution in [-0.2, 0) is 28.4 Å². The molecule has 0 aliphatic carbocycles. The second-order valence-electron chi connectivity index (χ2n) is 10.1. The first-order valence-corrected chi connectivity index (χ1v) is 11.9. The number of aromatic amines is 1. The Balaban J connectivity index is 1.63. The summed E-state index contributed by atoms with van der Waals surface area (Å²) in [7, 11) is 0. The minimum Gasteiger partial charge on any atom is -0.451 e. The molecule has 0 bridgehead atoms. The molecule has 11 nitrogen and oxygen atoms in total. The molecule has 194 valence electrons. The summed E-state index contributed by atoms with van der Waals surface area (Å²) in [4.78, 5) is 40.5. The normalized spacial score (nSPS) is 32.7. The number of H-pyrrole nitrogens is 1. The average Bonchev–Trinajstić information content (AvgIpc) is 3.09. The number of rotatable bonds is 3. The number of carbonyl (C=O) groups is 1. The third kappa shape index (κ3) is 4.64. The molecule has 6 atom stereocenters. The lowest BCUT2D eigenvalue weighted by atomic mass is 9.99. The van der Waals surface area contributed by atoms with Crippen molar-refractivity contribution in [1.29, 1.82) is 0 Å². The summed E-state index contributed by atoms with van der Waals surface area (Å²) in [5.74, 6) is -2.58. The molecule has 0 spiro atoms. The Labute approximate surface area is 207 Å². The second kappa shape index (κ2) is 8.93. The van der Waals surface area contributed by atoms with E-state index in [9.17, 15) is 14.4 Å². The van der Waals surface area contributed by atoms with E-state index in [0.29, 0.717) is 5.56 Å². The van der Waals surface area contributed by atoms with Crippen molar-refractivity contribution in [2.45, 2.75) is 82.9 Å². The zero-order valence-electron chi connectivity index (χ0n) is 20.8. The number of aryl methyl sites for hydroxylation is 1. The highest BCUT2D eigenvalue weighted by atomic mass is 16.8. The molecular weight excluding hydrogens is 472 g/mol. The third-order valence-corrected chi connectivity index (χ3v) is 6.46. The van der Waals surface area contributed by atoms with Crippen molar-refractivity contribution >= 4 is 5.97 Å². The van der Waals surface area contributed by atoms with Gasteiger partial charge < -0.3 is 28.4 Å². The highest BCUT2D eigenvalue weighted by Crippen LogP contribution is 2.44. The summed E-state index contributed by atoms with van der Waals surface area (Å²) in [6, 6.07) is 8.47. The fourth-order valence-electron chi connectivity index (χ4n) is 4.84. The second-order valence-corrected chi connectivity index (χ2v) is 10.1. The van der Waals surface area contributed by atoms with Gasteiger partial charge in [0.25, 0.3) is 5.56 Å². The van der Waals surface area contributed by atoms with Crippen LogP contribution in [0.4, 0.5) is 0 Å². The van der Waals surface area contributed by atoms with Gasteiger partial charge in [-0.2, -0.15) is 0 Å². The van der Waals surface area contributed by atoms with Crippen LogP contribution in [0.25, 0.3) is 0 Å². The summed E-state index contributed by atoms with van der Waals surface area (Å²) >= 11 is 0. The van der Waals surface area contributed by atoms with Crippen molar-refractivity contribution < 1.29 is 33.2 Å². The zero-order chi connectivity index (χ0) is 25.8. The summed E-state index contributed by atoms with van der Waals surface area (Å²) in [6.45, 7) is 8.77. The number of carbonyl (C=O) groups excluding carboxylic acids is 1. The number of hydrogen-bond acceptors (Lipinski definition) is 9. The molecule has 11 heteroatoms. The molecule has 0 amide bonds. The van der Waals surface area contributed by atoms with E-state index in [0.717, 1.165) is 0 Å². The molecular formula is C25H30N2O9. The first kappa shape index (κ1) is 24.8. The van der Waals surface area contributed by atoms with Gasteiger partial charge in [0.05, 0.1) is 12.2 Å². The molecule has 4 heterocycles. The SMILES string of the molecule is Cc1cn(C2OC3COC(C)(C)O[C@H]3C3OC(C)(C)O[C@@H]3C2OC(=O)c2ccccc2)c(=O)[nH]c1=O. The van der Waals surface area contributed by atoms with Gasteiger partial charge in [-0.25, -0.2) is 9.59 Å². The minimum atomic E-state index is -1.17. The highest BCUT2D eigenvalue weighted by Gasteiger charge is 2.60. The van der Waals surface area contributed by atoms with Gasteiger partial charge in [0.15, 0.2) is 23.9 Å². The minimum absolute atomic E-state index is 0.137. The predicted molar refractivity (Wildman–Crippen MR) is 124 cm³/mol. The topological polar surface area (TPSA) is 127 Å². The molecule has 1 N–H and O–H groups in total. The van der Waals surface area contributed by atoms with Gasteiger partial charge >= 0.3 is 11.7 Å². The average molecular weight is 503 g/mol. The van der Waals surface area contributed by atoms with E-state index < -0.39 is 65.5 Å². The molecule has 1 aromatic carbocycles. The maximum Gasteiger partial charge on any atom is 0.338 e. The lowest BCUT2D eigenvalue weighted by Crippen LogP contribution is -2.55. The smallest absolute Gasteiger partial charge is 0.338 e. The number of hydrogen-bond donors (Lipinski definition) is 1. The number of esters is 1. The van der Waals surface area contributed by atoms with Gasteiger partial charge in [-0.05, 0) is 46.8 Å². The fourth-order valence-corrected chi connectivity index (χ4v) is 4.84. The lowest BCUT2D eigenvalue weighted by Gasteiger charge is -2.42. The van der Waals surface area contributed by atoms with Gasteiger partial charge in [-0.3, -0.25) is 14.3 Å². The Morgan fingerprint density at radius 3 is 2.39 bits per heavy atom. The first-order valence-electron chi connectivity index (χ1n) is 11.9. The Kier molecular flexibility index (Phi) is 6.16. The molecule has 5 rings (SSSR count). The van der Waals surface area contributed by atoms with Crippen LogP contribution < -0.4 is 11.2 Å². The Morgan fingerprint density at radius 1 is 1.00 bits per heavy atom. The van der Waals surface area contributed by atoms with Crippen molar-refractivity contribution in [3.8, 4) is 0 Å². The van der Waals surface area contributed by atoms with Crippen molar-refractivity contribution in [2.24, 2.45) is 0 Å². The van der Waals surface area contributed by atoms with Crippen LogP contribution in [0.15, 0.2) is 46.1 Å².